The molecule has 1 aromatic heterocycles. The van der Waals surface area contributed by atoms with Crippen molar-refractivity contribution in [3.63, 3.8) is 0 Å². The summed E-state index contributed by atoms with van der Waals surface area (Å²) >= 11 is 0. The van der Waals surface area contributed by atoms with Crippen LogP contribution in [0, 0.1) is 16.6 Å². The van der Waals surface area contributed by atoms with Gasteiger partial charge in [-0.2, -0.15) is 0 Å². The molecule has 3 aromatic rings. The molecule has 2 saturated carbocycles. The molecular weight excluding hydrogens is 707 g/mol. The van der Waals surface area contributed by atoms with Gasteiger partial charge in [-0.1, -0.05) is 48.9 Å². The Labute approximate surface area is 320 Å². The molecule has 2 saturated heterocycles. The Bertz CT molecular complexity index is 1970. The minimum absolute atomic E-state index is 0.0338. The monoisotopic (exact) mass is 757 g/mol. The minimum Gasteiger partial charge on any atom is -0.444 e. The van der Waals surface area contributed by atoms with E-state index in [1.165, 1.54) is 23.9 Å². The number of aromatic nitrogens is 1. The lowest BCUT2D eigenvalue weighted by atomic mass is 9.59. The molecule has 3 amide bonds. The largest absolute Gasteiger partial charge is 0.444 e. The van der Waals surface area contributed by atoms with E-state index in [1.54, 1.807) is 41.1 Å². The first-order valence-corrected chi connectivity index (χ1v) is 19.2. The Morgan fingerprint density at radius 3 is 2.05 bits per heavy atom. The molecule has 2 aromatic carbocycles. The summed E-state index contributed by atoms with van der Waals surface area (Å²) in [7, 11) is 0. The van der Waals surface area contributed by atoms with Crippen LogP contribution in [0.25, 0.3) is 5.57 Å². The number of benzene rings is 2. The third-order valence-corrected chi connectivity index (χ3v) is 11.5. The van der Waals surface area contributed by atoms with Crippen LogP contribution in [0.5, 0.6) is 0 Å². The fourth-order valence-electron chi connectivity index (χ4n) is 8.63. The van der Waals surface area contributed by atoms with Gasteiger partial charge in [-0.15, -0.1) is 0 Å². The average molecular weight is 758 g/mol. The van der Waals surface area contributed by atoms with E-state index in [1.807, 2.05) is 52.0 Å². The smallest absolute Gasteiger partial charge is 0.410 e. The Hall–Kier alpha value is -4.87. The number of pyridine rings is 1. The first-order valence-electron chi connectivity index (χ1n) is 19.2. The quantitative estimate of drug-likeness (QED) is 0.263. The number of hydrogen-bond donors (Lipinski definition) is 1. The van der Waals surface area contributed by atoms with Crippen molar-refractivity contribution in [3.05, 3.63) is 101 Å². The van der Waals surface area contributed by atoms with Gasteiger partial charge in [-0.25, -0.2) is 18.0 Å². The van der Waals surface area contributed by atoms with Crippen LogP contribution in [-0.2, 0) is 9.53 Å². The van der Waals surface area contributed by atoms with Crippen molar-refractivity contribution in [2.75, 3.05) is 44.2 Å². The highest BCUT2D eigenvalue weighted by atomic mass is 19.3. The molecule has 2 aliphatic heterocycles. The number of nitrogens with zero attached hydrogens (tertiary/aromatic N) is 4. The highest BCUT2D eigenvalue weighted by Crippen LogP contribution is 2.55. The second-order valence-electron chi connectivity index (χ2n) is 17.3. The topological polar surface area (TPSA) is 95.1 Å². The summed E-state index contributed by atoms with van der Waals surface area (Å²) in [4.78, 5) is 49.0. The maximum absolute atomic E-state index is 13.9. The zero-order valence-electron chi connectivity index (χ0n) is 32.3. The van der Waals surface area contributed by atoms with Crippen molar-refractivity contribution in [3.8, 4) is 0 Å². The van der Waals surface area contributed by atoms with E-state index in [9.17, 15) is 27.6 Å². The van der Waals surface area contributed by atoms with Crippen LogP contribution in [0.1, 0.15) is 99.8 Å². The summed E-state index contributed by atoms with van der Waals surface area (Å²) in [5.41, 5.74) is 4.78. The predicted molar refractivity (Wildman–Crippen MR) is 204 cm³/mol. The minimum atomic E-state index is -2.79. The normalized spacial score (nSPS) is 22.1. The van der Waals surface area contributed by atoms with Crippen LogP contribution in [0.3, 0.4) is 0 Å². The Morgan fingerprint density at radius 1 is 0.855 bits per heavy atom. The van der Waals surface area contributed by atoms with Crippen molar-refractivity contribution < 1.29 is 32.3 Å². The second-order valence-corrected chi connectivity index (χ2v) is 17.3. The van der Waals surface area contributed by atoms with E-state index < -0.39 is 23.4 Å². The molecule has 1 unspecified atom stereocenters. The number of piperazine rings is 1. The number of carbonyl (C=O) groups excluding carboxylic acids is 3. The van der Waals surface area contributed by atoms with Gasteiger partial charge in [-0.05, 0) is 87.4 Å². The van der Waals surface area contributed by atoms with Crippen molar-refractivity contribution >= 4 is 29.2 Å². The molecule has 12 heteroatoms. The Balaban J connectivity index is 0.977. The van der Waals surface area contributed by atoms with Crippen LogP contribution in [0.4, 0.5) is 23.7 Å². The number of hydrogen-bond acceptors (Lipinski definition) is 6. The summed E-state index contributed by atoms with van der Waals surface area (Å²) in [6, 6.07) is 16.1. The molecule has 9 nitrogen and oxygen atoms in total. The molecule has 55 heavy (non-hydrogen) atoms. The molecule has 2 atom stereocenters. The number of halogens is 3. The van der Waals surface area contributed by atoms with E-state index in [0.29, 0.717) is 44.8 Å². The van der Waals surface area contributed by atoms with Gasteiger partial charge in [0.05, 0.1) is 28.9 Å². The van der Waals surface area contributed by atoms with Gasteiger partial charge in [-0.3, -0.25) is 14.6 Å². The van der Waals surface area contributed by atoms with Gasteiger partial charge < -0.3 is 24.8 Å². The summed E-state index contributed by atoms with van der Waals surface area (Å²) in [5.74, 6) is -3.58. The Morgan fingerprint density at radius 2 is 1.47 bits per heavy atom. The van der Waals surface area contributed by atoms with Gasteiger partial charge in [0.2, 0.25) is 11.8 Å². The molecule has 4 aliphatic rings. The number of allylic oxidation sites excluding steroid dienone is 1. The predicted octanol–water partition coefficient (Wildman–Crippen LogP) is 8.02. The number of ether oxygens (including phenoxy) is 1. The van der Waals surface area contributed by atoms with Crippen molar-refractivity contribution in [2.45, 2.75) is 84.3 Å². The molecule has 3 heterocycles. The van der Waals surface area contributed by atoms with Gasteiger partial charge >= 0.3 is 6.09 Å². The third kappa shape index (κ3) is 8.23. The van der Waals surface area contributed by atoms with Gasteiger partial charge in [0.25, 0.3) is 5.91 Å². The molecule has 7 rings (SSSR count). The summed E-state index contributed by atoms with van der Waals surface area (Å²) in [6.45, 7) is 12.3. The van der Waals surface area contributed by atoms with Crippen molar-refractivity contribution in [1.82, 2.24) is 20.1 Å². The van der Waals surface area contributed by atoms with Gasteiger partial charge in [0.1, 0.15) is 11.4 Å². The van der Waals surface area contributed by atoms with E-state index in [0.717, 1.165) is 40.8 Å². The van der Waals surface area contributed by atoms with E-state index in [2.05, 4.69) is 15.2 Å². The first kappa shape index (κ1) is 38.4. The average Bonchev–Trinajstić information content (AvgIpc) is 3.41. The maximum atomic E-state index is 13.9. The molecule has 1 N–H and O–H groups in total. The number of likely N-dealkylation sites (tertiary alicyclic amines) is 1. The van der Waals surface area contributed by atoms with E-state index >= 15 is 0 Å². The number of rotatable bonds is 7. The standard InChI is InChI=1S/C43H50F3N5O4/c1-28(48-37(52)32-20-35(24-47-23-32)49-16-18-50(19-17-49)38(53)41(5)14-15-43(45,46)25-41)29-6-8-30(9-7-29)36(31-10-12-34(44)13-11-31)33-21-42(22-33)26-51(27-42)39(54)55-40(2,3)4/h6-13,20,23-24,28H,14-19,21-22,25-27H2,1-5H3,(H,48,52)/t28-,41?/m1/s1. The first-order chi connectivity index (χ1) is 25.9. The van der Waals surface area contributed by atoms with Crippen LogP contribution < -0.4 is 10.2 Å². The molecule has 292 valence electrons. The molecule has 4 fully saturated rings. The number of anilines is 1. The summed E-state index contributed by atoms with van der Waals surface area (Å²) in [5, 5.41) is 3.08. The number of carbonyl (C=O) groups is 3. The fraction of sp³-hybridized carbons (Fsp3) is 0.488. The molecule has 1 spiro atoms. The van der Waals surface area contributed by atoms with Gasteiger partial charge in [0.15, 0.2) is 0 Å². The number of amides is 3. The lowest BCUT2D eigenvalue weighted by molar-refractivity contribution is -0.142. The number of nitrogens with one attached hydrogen (secondary N) is 1. The zero-order chi connectivity index (χ0) is 39.3. The van der Waals surface area contributed by atoms with Crippen LogP contribution >= 0.6 is 0 Å². The Kier molecular flexibility index (Phi) is 10.0. The SMILES string of the molecule is C[C@@H](NC(=O)c1cncc(N2CCN(C(=O)C3(C)CCC(F)(F)C3)CC2)c1)c1ccc(C(=C2CC3(C2)CN(C(=O)OC(C)(C)C)C3)c2ccc(F)cc2)cc1. The fourth-order valence-corrected chi connectivity index (χ4v) is 8.63. The summed E-state index contributed by atoms with van der Waals surface area (Å²) < 4.78 is 47.4. The van der Waals surface area contributed by atoms with Crippen molar-refractivity contribution in [1.29, 1.82) is 0 Å². The van der Waals surface area contributed by atoms with E-state index in [4.69, 9.17) is 4.74 Å². The highest BCUT2D eigenvalue weighted by Gasteiger charge is 2.54. The van der Waals surface area contributed by atoms with Crippen LogP contribution in [0.15, 0.2) is 72.6 Å². The van der Waals surface area contributed by atoms with Crippen LogP contribution in [0.2, 0.25) is 0 Å². The molecular formula is C43H50F3N5O4. The van der Waals surface area contributed by atoms with E-state index in [-0.39, 0.29) is 48.0 Å². The van der Waals surface area contributed by atoms with Crippen molar-refractivity contribution in [2.24, 2.45) is 10.8 Å². The zero-order valence-corrected chi connectivity index (χ0v) is 32.3. The molecule has 0 radical (unpaired) electrons. The highest BCUT2D eigenvalue weighted by molar-refractivity contribution is 5.95. The van der Waals surface area contributed by atoms with Crippen LogP contribution in [-0.4, -0.2) is 83.5 Å². The lowest BCUT2D eigenvalue weighted by Gasteiger charge is -2.57. The number of alkyl halides is 2. The molecule has 0 bridgehead atoms. The molecule has 2 aliphatic carbocycles. The third-order valence-electron chi connectivity index (χ3n) is 11.5. The maximum Gasteiger partial charge on any atom is 0.410 e. The lowest BCUT2D eigenvalue weighted by Crippen LogP contribution is -2.62. The summed E-state index contributed by atoms with van der Waals surface area (Å²) in [6.07, 6.45) is 4.15. The second kappa shape index (κ2) is 14.3. The van der Waals surface area contributed by atoms with Gasteiger partial charge in [0, 0.05) is 63.7 Å².